The molecule has 1 aliphatic rings. The highest BCUT2D eigenvalue weighted by molar-refractivity contribution is 9.09. The van der Waals surface area contributed by atoms with Crippen molar-refractivity contribution in [3.63, 3.8) is 0 Å². The number of methoxy groups -OCH3 is 1. The first kappa shape index (κ1) is 11.9. The topological polar surface area (TPSA) is 18.5 Å². The molecule has 2 rings (SSSR count). The SMILES string of the molecule is COc1ccc(C(Br)C2(C)CCCO2)cc1. The first-order valence-electron chi connectivity index (χ1n) is 5.58. The molecule has 88 valence electrons. The standard InChI is InChI=1S/C13H17BrO2/c1-13(8-3-9-16-13)12(14)10-4-6-11(15-2)7-5-10/h4-7,12H,3,8-9H2,1-2H3. The monoisotopic (exact) mass is 284 g/mol. The minimum Gasteiger partial charge on any atom is -0.497 e. The van der Waals surface area contributed by atoms with E-state index in [0.717, 1.165) is 25.2 Å². The van der Waals surface area contributed by atoms with Crippen molar-refractivity contribution >= 4 is 15.9 Å². The lowest BCUT2D eigenvalue weighted by Crippen LogP contribution is -2.28. The molecule has 1 aromatic rings. The molecule has 0 spiro atoms. The van der Waals surface area contributed by atoms with Crippen LogP contribution in [0, 0.1) is 0 Å². The Labute approximate surface area is 105 Å². The van der Waals surface area contributed by atoms with E-state index in [1.54, 1.807) is 7.11 Å². The van der Waals surface area contributed by atoms with Crippen molar-refractivity contribution in [3.05, 3.63) is 29.8 Å². The molecular formula is C13H17BrO2. The maximum atomic E-state index is 5.84. The van der Waals surface area contributed by atoms with Crippen LogP contribution in [0.1, 0.15) is 30.2 Å². The van der Waals surface area contributed by atoms with E-state index >= 15 is 0 Å². The van der Waals surface area contributed by atoms with Crippen LogP contribution in [0.5, 0.6) is 5.75 Å². The highest BCUT2D eigenvalue weighted by Gasteiger charge is 2.37. The zero-order chi connectivity index (χ0) is 11.6. The van der Waals surface area contributed by atoms with Crippen molar-refractivity contribution in [2.75, 3.05) is 13.7 Å². The van der Waals surface area contributed by atoms with E-state index in [9.17, 15) is 0 Å². The van der Waals surface area contributed by atoms with Gasteiger partial charge in [0.05, 0.1) is 17.5 Å². The second-order valence-corrected chi connectivity index (χ2v) is 5.32. The Kier molecular flexibility index (Phi) is 3.55. The zero-order valence-corrected chi connectivity index (χ0v) is 11.3. The van der Waals surface area contributed by atoms with E-state index < -0.39 is 0 Å². The molecule has 1 fully saturated rings. The van der Waals surface area contributed by atoms with Gasteiger partial charge in [0.1, 0.15) is 5.75 Å². The lowest BCUT2D eigenvalue weighted by atomic mass is 9.93. The summed E-state index contributed by atoms with van der Waals surface area (Å²) < 4.78 is 11.0. The molecule has 2 unspecified atom stereocenters. The van der Waals surface area contributed by atoms with Crippen molar-refractivity contribution in [2.45, 2.75) is 30.2 Å². The Morgan fingerprint density at radius 1 is 1.38 bits per heavy atom. The van der Waals surface area contributed by atoms with Gasteiger partial charge >= 0.3 is 0 Å². The molecule has 1 heterocycles. The van der Waals surface area contributed by atoms with Gasteiger partial charge < -0.3 is 9.47 Å². The maximum absolute atomic E-state index is 5.84. The Morgan fingerprint density at radius 3 is 2.56 bits per heavy atom. The smallest absolute Gasteiger partial charge is 0.118 e. The first-order chi connectivity index (χ1) is 7.65. The molecule has 0 bridgehead atoms. The van der Waals surface area contributed by atoms with Gasteiger partial charge in [-0.25, -0.2) is 0 Å². The van der Waals surface area contributed by atoms with Crippen LogP contribution >= 0.6 is 15.9 Å². The number of hydrogen-bond donors (Lipinski definition) is 0. The van der Waals surface area contributed by atoms with E-state index in [-0.39, 0.29) is 10.4 Å². The van der Waals surface area contributed by atoms with E-state index in [1.165, 1.54) is 5.56 Å². The summed E-state index contributed by atoms with van der Waals surface area (Å²) in [6.07, 6.45) is 2.25. The molecule has 0 aromatic heterocycles. The molecular weight excluding hydrogens is 268 g/mol. The fourth-order valence-corrected chi connectivity index (χ4v) is 2.79. The van der Waals surface area contributed by atoms with Crippen molar-refractivity contribution < 1.29 is 9.47 Å². The molecule has 3 heteroatoms. The average Bonchev–Trinajstić information content (AvgIpc) is 2.77. The fraction of sp³-hybridized carbons (Fsp3) is 0.538. The summed E-state index contributed by atoms with van der Waals surface area (Å²) >= 11 is 3.75. The third kappa shape index (κ3) is 2.25. The summed E-state index contributed by atoms with van der Waals surface area (Å²) in [5.74, 6) is 0.890. The summed E-state index contributed by atoms with van der Waals surface area (Å²) in [4.78, 5) is 0.244. The van der Waals surface area contributed by atoms with Crippen LogP contribution in [-0.4, -0.2) is 19.3 Å². The predicted octanol–water partition coefficient (Wildman–Crippen LogP) is 3.70. The van der Waals surface area contributed by atoms with Crippen LogP contribution < -0.4 is 4.74 Å². The molecule has 1 aromatic carbocycles. The maximum Gasteiger partial charge on any atom is 0.118 e. The molecule has 0 N–H and O–H groups in total. The molecule has 16 heavy (non-hydrogen) atoms. The largest absolute Gasteiger partial charge is 0.497 e. The summed E-state index contributed by atoms with van der Waals surface area (Å²) in [6.45, 7) is 3.04. The van der Waals surface area contributed by atoms with Crippen molar-refractivity contribution in [1.82, 2.24) is 0 Å². The number of rotatable bonds is 3. The predicted molar refractivity (Wildman–Crippen MR) is 68.3 cm³/mol. The van der Waals surface area contributed by atoms with E-state index in [1.807, 2.05) is 12.1 Å². The van der Waals surface area contributed by atoms with Gasteiger partial charge in [-0.1, -0.05) is 28.1 Å². The lowest BCUT2D eigenvalue weighted by molar-refractivity contribution is 0.0197. The molecule has 1 aliphatic heterocycles. The molecule has 2 atom stereocenters. The molecule has 2 nitrogen and oxygen atoms in total. The van der Waals surface area contributed by atoms with Crippen LogP contribution in [0.4, 0.5) is 0 Å². The lowest BCUT2D eigenvalue weighted by Gasteiger charge is -2.29. The van der Waals surface area contributed by atoms with Crippen molar-refractivity contribution in [1.29, 1.82) is 0 Å². The van der Waals surface area contributed by atoms with Gasteiger partial charge in [-0.2, -0.15) is 0 Å². The van der Waals surface area contributed by atoms with Gasteiger partial charge in [0.25, 0.3) is 0 Å². The Morgan fingerprint density at radius 2 is 2.06 bits per heavy atom. The summed E-state index contributed by atoms with van der Waals surface area (Å²) in [6, 6.07) is 8.15. The number of alkyl halides is 1. The first-order valence-corrected chi connectivity index (χ1v) is 6.49. The van der Waals surface area contributed by atoms with Gasteiger partial charge in [-0.3, -0.25) is 0 Å². The number of benzene rings is 1. The quantitative estimate of drug-likeness (QED) is 0.788. The summed E-state index contributed by atoms with van der Waals surface area (Å²) in [5.41, 5.74) is 1.17. The van der Waals surface area contributed by atoms with Gasteiger partial charge in [-0.05, 0) is 37.5 Å². The third-order valence-corrected chi connectivity index (χ3v) is 4.69. The molecule has 0 radical (unpaired) electrons. The number of ether oxygens (including phenoxy) is 2. The highest BCUT2D eigenvalue weighted by atomic mass is 79.9. The van der Waals surface area contributed by atoms with Gasteiger partial charge in [0.15, 0.2) is 0 Å². The van der Waals surface area contributed by atoms with Crippen LogP contribution in [0.15, 0.2) is 24.3 Å². The van der Waals surface area contributed by atoms with E-state index in [4.69, 9.17) is 9.47 Å². The van der Waals surface area contributed by atoms with Gasteiger partial charge in [-0.15, -0.1) is 0 Å². The molecule has 0 amide bonds. The zero-order valence-electron chi connectivity index (χ0n) is 9.70. The Balaban J connectivity index is 2.16. The van der Waals surface area contributed by atoms with E-state index in [2.05, 4.69) is 35.0 Å². The normalized spacial score (nSPS) is 26.7. The minimum absolute atomic E-state index is 0.0748. The molecule has 0 saturated carbocycles. The van der Waals surface area contributed by atoms with Crippen LogP contribution in [0.2, 0.25) is 0 Å². The van der Waals surface area contributed by atoms with E-state index in [0.29, 0.717) is 0 Å². The van der Waals surface area contributed by atoms with Gasteiger partial charge in [0.2, 0.25) is 0 Å². The van der Waals surface area contributed by atoms with Gasteiger partial charge in [0, 0.05) is 6.61 Å². The second-order valence-electron chi connectivity index (χ2n) is 4.40. The summed E-state index contributed by atoms with van der Waals surface area (Å²) in [7, 11) is 1.68. The molecule has 1 saturated heterocycles. The Hall–Kier alpha value is -0.540. The number of halogens is 1. The van der Waals surface area contributed by atoms with Crippen molar-refractivity contribution in [2.24, 2.45) is 0 Å². The van der Waals surface area contributed by atoms with Crippen LogP contribution in [0.3, 0.4) is 0 Å². The van der Waals surface area contributed by atoms with Crippen LogP contribution in [0.25, 0.3) is 0 Å². The van der Waals surface area contributed by atoms with Crippen LogP contribution in [-0.2, 0) is 4.74 Å². The molecule has 0 aliphatic carbocycles. The third-order valence-electron chi connectivity index (χ3n) is 3.19. The minimum atomic E-state index is -0.0748. The fourth-order valence-electron chi connectivity index (χ4n) is 2.13. The number of hydrogen-bond acceptors (Lipinski definition) is 2. The van der Waals surface area contributed by atoms with Crippen molar-refractivity contribution in [3.8, 4) is 5.75 Å². The summed E-state index contributed by atoms with van der Waals surface area (Å²) in [5, 5.41) is 0. The average molecular weight is 285 g/mol. The Bertz CT molecular complexity index is 341. The second kappa shape index (κ2) is 4.76. The highest BCUT2D eigenvalue weighted by Crippen LogP contribution is 2.43.